The molecule has 1 aromatic rings. The van der Waals surface area contributed by atoms with Crippen molar-refractivity contribution in [1.82, 2.24) is 0 Å². The number of hydrogen-bond acceptors (Lipinski definition) is 2. The maximum absolute atomic E-state index is 5.24. The maximum atomic E-state index is 5.24. The van der Waals surface area contributed by atoms with E-state index in [0.29, 0.717) is 20.0 Å². The minimum absolute atomic E-state index is 0.317. The molecule has 1 radical (unpaired) electrons. The Balaban J connectivity index is 2.25. The topological polar surface area (TPSA) is 18.5 Å². The second-order valence-electron chi connectivity index (χ2n) is 2.86. The van der Waals surface area contributed by atoms with E-state index in [1.165, 1.54) is 11.1 Å². The first kappa shape index (κ1) is 10.2. The minimum atomic E-state index is 0.317. The number of hydrogen-bond donors (Lipinski definition) is 0. The van der Waals surface area contributed by atoms with E-state index in [9.17, 15) is 0 Å². The summed E-state index contributed by atoms with van der Waals surface area (Å²) < 4.78 is 10.2. The summed E-state index contributed by atoms with van der Waals surface area (Å²) in [5, 5.41) is 0. The van der Waals surface area contributed by atoms with Gasteiger partial charge in [0.2, 0.25) is 0 Å². The Bertz CT molecular complexity index is 228. The average molecular weight is 179 g/mol. The molecular formula is C11H15O2. The van der Waals surface area contributed by atoms with Crippen LogP contribution >= 0.6 is 0 Å². The van der Waals surface area contributed by atoms with E-state index in [2.05, 4.69) is 38.1 Å². The molecule has 0 unspecified atom stereocenters. The van der Waals surface area contributed by atoms with Crippen molar-refractivity contribution in [3.63, 3.8) is 0 Å². The summed E-state index contributed by atoms with van der Waals surface area (Å²) >= 11 is 0. The van der Waals surface area contributed by atoms with Crippen LogP contribution in [0.5, 0.6) is 0 Å². The fourth-order valence-corrected chi connectivity index (χ4v) is 0.962. The highest BCUT2D eigenvalue weighted by Crippen LogP contribution is 2.04. The van der Waals surface area contributed by atoms with Crippen LogP contribution in [0.25, 0.3) is 0 Å². The van der Waals surface area contributed by atoms with Crippen molar-refractivity contribution >= 4 is 0 Å². The molecule has 0 aromatic heterocycles. The number of aryl methyl sites for hydroxylation is 1. The molecule has 0 amide bonds. The number of rotatable bonds is 5. The van der Waals surface area contributed by atoms with Gasteiger partial charge in [-0.15, -0.1) is 0 Å². The zero-order valence-electron chi connectivity index (χ0n) is 7.95. The van der Waals surface area contributed by atoms with E-state index in [-0.39, 0.29) is 0 Å². The van der Waals surface area contributed by atoms with E-state index < -0.39 is 0 Å². The van der Waals surface area contributed by atoms with E-state index in [4.69, 9.17) is 9.47 Å². The molecule has 0 aliphatic rings. The summed E-state index contributed by atoms with van der Waals surface area (Å²) in [7, 11) is 0. The molecule has 0 fully saturated rings. The lowest BCUT2D eigenvalue weighted by molar-refractivity contribution is -0.0525. The molecule has 1 rings (SSSR count). The molecule has 0 spiro atoms. The predicted octanol–water partition coefficient (Wildman–Crippen LogP) is 2.32. The molecule has 0 N–H and O–H groups in total. The lowest BCUT2D eigenvalue weighted by Gasteiger charge is -2.04. The van der Waals surface area contributed by atoms with Gasteiger partial charge in [-0.25, -0.2) is 0 Å². The molecule has 2 nitrogen and oxygen atoms in total. The molecule has 0 aliphatic carbocycles. The fourth-order valence-electron chi connectivity index (χ4n) is 0.962. The van der Waals surface area contributed by atoms with Gasteiger partial charge in [0.05, 0.1) is 6.61 Å². The smallest absolute Gasteiger partial charge is 0.147 e. The van der Waals surface area contributed by atoms with Crippen LogP contribution in [0, 0.1) is 13.8 Å². The van der Waals surface area contributed by atoms with Gasteiger partial charge in [0.15, 0.2) is 0 Å². The summed E-state index contributed by atoms with van der Waals surface area (Å²) in [5.41, 5.74) is 2.43. The summed E-state index contributed by atoms with van der Waals surface area (Å²) in [6.45, 7) is 6.97. The highest BCUT2D eigenvalue weighted by molar-refractivity contribution is 5.20. The van der Waals surface area contributed by atoms with Gasteiger partial charge in [0.25, 0.3) is 0 Å². The molecule has 0 atom stereocenters. The molecule has 13 heavy (non-hydrogen) atoms. The summed E-state index contributed by atoms with van der Waals surface area (Å²) in [6.07, 6.45) is 0. The highest BCUT2D eigenvalue weighted by Gasteiger charge is 1.91. The molecular weight excluding hydrogens is 164 g/mol. The Hall–Kier alpha value is -0.860. The Morgan fingerprint density at radius 1 is 1.15 bits per heavy atom. The van der Waals surface area contributed by atoms with E-state index in [0.717, 1.165) is 0 Å². The zero-order valence-corrected chi connectivity index (χ0v) is 7.95. The van der Waals surface area contributed by atoms with E-state index in [1.54, 1.807) is 0 Å². The standard InChI is InChI=1S/C11H15O2/c1-3-12-9-13-8-11-6-4-10(2)5-7-11/h4-7H,1,3,8-9H2,2H3. The van der Waals surface area contributed by atoms with Gasteiger partial charge in [0.1, 0.15) is 6.79 Å². The third-order valence-corrected chi connectivity index (χ3v) is 1.70. The van der Waals surface area contributed by atoms with Crippen LogP contribution in [-0.4, -0.2) is 13.4 Å². The Morgan fingerprint density at radius 2 is 1.85 bits per heavy atom. The van der Waals surface area contributed by atoms with E-state index >= 15 is 0 Å². The van der Waals surface area contributed by atoms with Gasteiger partial charge in [-0.1, -0.05) is 29.8 Å². The van der Waals surface area contributed by atoms with Crippen molar-refractivity contribution < 1.29 is 9.47 Å². The van der Waals surface area contributed by atoms with Gasteiger partial charge in [0, 0.05) is 6.61 Å². The van der Waals surface area contributed by atoms with Crippen molar-refractivity contribution in [2.45, 2.75) is 13.5 Å². The molecule has 0 bridgehead atoms. The first-order valence-electron chi connectivity index (χ1n) is 4.33. The van der Waals surface area contributed by atoms with Gasteiger partial charge in [-0.2, -0.15) is 0 Å². The van der Waals surface area contributed by atoms with Crippen molar-refractivity contribution in [2.75, 3.05) is 13.4 Å². The van der Waals surface area contributed by atoms with E-state index in [1.807, 2.05) is 0 Å². The molecule has 0 heterocycles. The van der Waals surface area contributed by atoms with Gasteiger partial charge in [-0.3, -0.25) is 0 Å². The number of ether oxygens (including phenoxy) is 2. The normalized spacial score (nSPS) is 10.3. The average Bonchev–Trinajstić information content (AvgIpc) is 2.15. The van der Waals surface area contributed by atoms with Gasteiger partial charge >= 0.3 is 0 Å². The van der Waals surface area contributed by atoms with Gasteiger partial charge in [-0.05, 0) is 19.4 Å². The predicted molar refractivity (Wildman–Crippen MR) is 52.1 cm³/mol. The molecule has 71 valence electrons. The van der Waals surface area contributed by atoms with Crippen molar-refractivity contribution in [1.29, 1.82) is 0 Å². The summed E-state index contributed by atoms with van der Waals surface area (Å²) in [6, 6.07) is 8.25. The molecule has 0 saturated carbocycles. The highest BCUT2D eigenvalue weighted by atomic mass is 16.7. The van der Waals surface area contributed by atoms with Crippen LogP contribution in [0.1, 0.15) is 11.1 Å². The van der Waals surface area contributed by atoms with Crippen molar-refractivity contribution in [3.8, 4) is 0 Å². The lowest BCUT2D eigenvalue weighted by atomic mass is 10.2. The van der Waals surface area contributed by atoms with Crippen molar-refractivity contribution in [3.05, 3.63) is 42.3 Å². The maximum Gasteiger partial charge on any atom is 0.147 e. The molecule has 0 aliphatic heterocycles. The first-order valence-corrected chi connectivity index (χ1v) is 4.33. The minimum Gasteiger partial charge on any atom is -0.355 e. The van der Waals surface area contributed by atoms with Crippen LogP contribution in [0.15, 0.2) is 24.3 Å². The number of benzene rings is 1. The molecule has 1 aromatic carbocycles. The monoisotopic (exact) mass is 179 g/mol. The van der Waals surface area contributed by atoms with Crippen LogP contribution in [0.3, 0.4) is 0 Å². The SMILES string of the molecule is [CH2]COCOCc1ccc(C)cc1. The zero-order chi connectivity index (χ0) is 9.52. The Kier molecular flexibility index (Phi) is 4.50. The quantitative estimate of drug-likeness (QED) is 0.510. The third-order valence-electron chi connectivity index (χ3n) is 1.70. The Morgan fingerprint density at radius 3 is 2.46 bits per heavy atom. The largest absolute Gasteiger partial charge is 0.355 e. The van der Waals surface area contributed by atoms with Crippen LogP contribution in [0.4, 0.5) is 0 Å². The van der Waals surface area contributed by atoms with Crippen LogP contribution < -0.4 is 0 Å². The third kappa shape index (κ3) is 4.06. The second kappa shape index (κ2) is 5.73. The van der Waals surface area contributed by atoms with Crippen LogP contribution in [-0.2, 0) is 16.1 Å². The van der Waals surface area contributed by atoms with Gasteiger partial charge < -0.3 is 9.47 Å². The fraction of sp³-hybridized carbons (Fsp3) is 0.364. The Labute approximate surface area is 79.5 Å². The molecule has 2 heteroatoms. The first-order chi connectivity index (χ1) is 6.33. The van der Waals surface area contributed by atoms with Crippen LogP contribution in [0.2, 0.25) is 0 Å². The lowest BCUT2D eigenvalue weighted by Crippen LogP contribution is -1.99. The molecule has 0 saturated heterocycles. The summed E-state index contributed by atoms with van der Waals surface area (Å²) in [5.74, 6) is 0. The summed E-state index contributed by atoms with van der Waals surface area (Å²) in [4.78, 5) is 0. The van der Waals surface area contributed by atoms with Crippen molar-refractivity contribution in [2.24, 2.45) is 0 Å². The second-order valence-corrected chi connectivity index (χ2v) is 2.86.